The van der Waals surface area contributed by atoms with E-state index in [-0.39, 0.29) is 44.2 Å². The minimum Gasteiger partial charge on any atom is -0.459 e. The number of hydrogen-bond acceptors (Lipinski definition) is 9. The van der Waals surface area contributed by atoms with Crippen molar-refractivity contribution in [3.05, 3.63) is 83.6 Å². The summed E-state index contributed by atoms with van der Waals surface area (Å²) in [5.41, 5.74) is 4.76. The Morgan fingerprint density at radius 3 is 2.76 bits per heavy atom. The maximum absolute atomic E-state index is 13.3. The summed E-state index contributed by atoms with van der Waals surface area (Å²) in [4.78, 5) is 18.1. The van der Waals surface area contributed by atoms with E-state index in [4.69, 9.17) is 33.8 Å². The number of nitrogens with one attached hydrogen (secondary N) is 1. The molecule has 2 unspecified atom stereocenters. The summed E-state index contributed by atoms with van der Waals surface area (Å²) in [5, 5.41) is 12.8. The Morgan fingerprint density at radius 1 is 1.05 bits per heavy atom. The van der Waals surface area contributed by atoms with Gasteiger partial charge >= 0.3 is 0 Å². The van der Waals surface area contributed by atoms with Gasteiger partial charge in [-0.15, -0.1) is 11.3 Å². The molecule has 0 bridgehead atoms. The first kappa shape index (κ1) is 27.2. The van der Waals surface area contributed by atoms with E-state index in [1.807, 2.05) is 54.6 Å². The minimum absolute atomic E-state index is 0.0551. The zero-order valence-electron chi connectivity index (χ0n) is 22.5. The molecule has 2 aliphatic rings. The molecular weight excluding hydrogens is 544 g/mol. The van der Waals surface area contributed by atoms with Crippen molar-refractivity contribution < 1.29 is 33.6 Å². The fourth-order valence-corrected chi connectivity index (χ4v) is 5.81. The van der Waals surface area contributed by atoms with Gasteiger partial charge in [0, 0.05) is 23.6 Å². The van der Waals surface area contributed by atoms with Gasteiger partial charge in [0.05, 0.1) is 36.6 Å². The molecule has 212 valence electrons. The molecule has 2 aliphatic heterocycles. The first-order valence-corrected chi connectivity index (χ1v) is 14.2. The molecule has 6 rings (SSSR count). The van der Waals surface area contributed by atoms with Gasteiger partial charge in [-0.3, -0.25) is 4.79 Å². The van der Waals surface area contributed by atoms with E-state index >= 15 is 0 Å². The molecule has 3 aromatic carbocycles. The van der Waals surface area contributed by atoms with Crippen LogP contribution in [0.2, 0.25) is 0 Å². The van der Waals surface area contributed by atoms with Crippen LogP contribution in [0.15, 0.2) is 72.5 Å². The highest BCUT2D eigenvalue weighted by molar-refractivity contribution is 7.21. The Morgan fingerprint density at radius 2 is 1.90 bits per heavy atom. The number of aliphatic hydroxyl groups excluding tert-OH is 1. The van der Waals surface area contributed by atoms with Crippen LogP contribution in [0.1, 0.15) is 23.5 Å². The van der Waals surface area contributed by atoms with Crippen molar-refractivity contribution in [3.8, 4) is 22.1 Å². The second kappa shape index (κ2) is 12.3. The molecule has 41 heavy (non-hydrogen) atoms. The van der Waals surface area contributed by atoms with Crippen LogP contribution >= 0.6 is 11.3 Å². The Balaban J connectivity index is 1.17. The SMILES string of the molecule is Cc1ccc2nc(-c3ccc(NC(=O)C4=CC(c5ccc6c(c5)OCO6)CC(OCCOCCO)O4)cc3)sc2c1. The number of thiazole rings is 1. The van der Waals surface area contributed by atoms with Crippen molar-refractivity contribution in [1.82, 2.24) is 4.98 Å². The summed E-state index contributed by atoms with van der Waals surface area (Å²) in [6, 6.07) is 19.6. The van der Waals surface area contributed by atoms with E-state index in [9.17, 15) is 4.79 Å². The van der Waals surface area contributed by atoms with E-state index in [1.165, 1.54) is 5.56 Å². The van der Waals surface area contributed by atoms with Gasteiger partial charge < -0.3 is 34.1 Å². The first-order valence-electron chi connectivity index (χ1n) is 13.4. The molecule has 0 radical (unpaired) electrons. The first-order chi connectivity index (χ1) is 20.1. The smallest absolute Gasteiger partial charge is 0.290 e. The lowest BCUT2D eigenvalue weighted by molar-refractivity contribution is -0.148. The molecule has 0 saturated heterocycles. The number of carbonyl (C=O) groups excluding carboxylic acids is 1. The number of amides is 1. The predicted octanol–water partition coefficient (Wildman–Crippen LogP) is 5.38. The number of rotatable bonds is 10. The Kier molecular flexibility index (Phi) is 8.15. The molecular formula is C31H30N2O7S. The minimum atomic E-state index is -0.654. The quantitative estimate of drug-likeness (QED) is 0.243. The molecule has 1 amide bonds. The van der Waals surface area contributed by atoms with Gasteiger partial charge in [-0.25, -0.2) is 4.98 Å². The molecule has 2 atom stereocenters. The van der Waals surface area contributed by atoms with Crippen molar-refractivity contribution >= 4 is 33.1 Å². The van der Waals surface area contributed by atoms with E-state index in [0.717, 1.165) is 26.4 Å². The fourth-order valence-electron chi connectivity index (χ4n) is 4.74. The van der Waals surface area contributed by atoms with E-state index in [0.29, 0.717) is 30.2 Å². The summed E-state index contributed by atoms with van der Waals surface area (Å²) in [7, 11) is 0. The van der Waals surface area contributed by atoms with Gasteiger partial charge in [-0.1, -0.05) is 12.1 Å². The second-order valence-corrected chi connectivity index (χ2v) is 10.8. The number of fused-ring (bicyclic) bond motifs is 2. The number of benzene rings is 3. The molecule has 0 fully saturated rings. The largest absolute Gasteiger partial charge is 0.459 e. The third-order valence-electron chi connectivity index (χ3n) is 6.81. The normalized spacial score (nSPS) is 17.8. The Hall–Kier alpha value is -3.96. The average Bonchev–Trinajstić information content (AvgIpc) is 3.64. The Labute approximate surface area is 241 Å². The lowest BCUT2D eigenvalue weighted by Gasteiger charge is -2.29. The van der Waals surface area contributed by atoms with Crippen LogP contribution in [0.25, 0.3) is 20.8 Å². The van der Waals surface area contributed by atoms with Crippen molar-refractivity contribution in [3.63, 3.8) is 0 Å². The summed E-state index contributed by atoms with van der Waals surface area (Å²) in [6.45, 7) is 3.01. The fraction of sp³-hybridized carbons (Fsp3) is 0.290. The third kappa shape index (κ3) is 6.36. The highest BCUT2D eigenvalue weighted by atomic mass is 32.1. The van der Waals surface area contributed by atoms with Gasteiger partial charge in [0.25, 0.3) is 5.91 Å². The highest BCUT2D eigenvalue weighted by Crippen LogP contribution is 2.39. The van der Waals surface area contributed by atoms with E-state index in [2.05, 4.69) is 24.4 Å². The lowest BCUT2D eigenvalue weighted by Crippen LogP contribution is -2.30. The Bertz CT molecular complexity index is 1570. The number of ether oxygens (including phenoxy) is 5. The number of anilines is 1. The van der Waals surface area contributed by atoms with Crippen molar-refractivity contribution in [2.75, 3.05) is 38.5 Å². The summed E-state index contributed by atoms with van der Waals surface area (Å²) < 4.78 is 29.3. The second-order valence-electron chi connectivity index (χ2n) is 9.76. The average molecular weight is 575 g/mol. The number of allylic oxidation sites excluding steroid dienone is 1. The van der Waals surface area contributed by atoms with E-state index < -0.39 is 6.29 Å². The van der Waals surface area contributed by atoms with Crippen LogP contribution in [0.3, 0.4) is 0 Å². The third-order valence-corrected chi connectivity index (χ3v) is 7.87. The number of aliphatic hydroxyl groups is 1. The monoisotopic (exact) mass is 574 g/mol. The van der Waals surface area contributed by atoms with Crippen LogP contribution in [0.5, 0.6) is 11.5 Å². The van der Waals surface area contributed by atoms with Crippen LogP contribution in [0, 0.1) is 6.92 Å². The zero-order valence-corrected chi connectivity index (χ0v) is 23.3. The van der Waals surface area contributed by atoms with Crippen molar-refractivity contribution in [2.45, 2.75) is 25.6 Å². The maximum atomic E-state index is 13.3. The van der Waals surface area contributed by atoms with Crippen LogP contribution in [-0.2, 0) is 19.0 Å². The zero-order chi connectivity index (χ0) is 28.2. The standard InChI is InChI=1S/C31H30N2O7S/c1-19-2-8-24-28(14-19)41-31(33-24)20-3-6-23(7-4-20)32-30(35)27-16-22(17-29(40-27)37-13-12-36-11-10-34)21-5-9-25-26(15-21)39-18-38-25/h2-9,14-16,22,29,34H,10-13,17-18H2,1H3,(H,32,35). The molecule has 2 N–H and O–H groups in total. The van der Waals surface area contributed by atoms with Gasteiger partial charge in [0.15, 0.2) is 17.3 Å². The summed E-state index contributed by atoms with van der Waals surface area (Å²) in [6.07, 6.45) is 1.66. The lowest BCUT2D eigenvalue weighted by atomic mass is 9.92. The molecule has 9 nitrogen and oxygen atoms in total. The van der Waals surface area contributed by atoms with Gasteiger partial charge in [-0.05, 0) is 72.7 Å². The number of carbonyl (C=O) groups is 1. The summed E-state index contributed by atoms with van der Waals surface area (Å²) in [5.74, 6) is 1.02. The molecule has 0 saturated carbocycles. The number of hydrogen-bond donors (Lipinski definition) is 2. The number of aromatic nitrogens is 1. The molecule has 0 aliphatic carbocycles. The van der Waals surface area contributed by atoms with Crippen LogP contribution < -0.4 is 14.8 Å². The molecule has 0 spiro atoms. The predicted molar refractivity (Wildman–Crippen MR) is 155 cm³/mol. The van der Waals surface area contributed by atoms with Crippen LogP contribution in [-0.4, -0.2) is 55.5 Å². The molecule has 3 heterocycles. The van der Waals surface area contributed by atoms with E-state index in [1.54, 1.807) is 11.3 Å². The highest BCUT2D eigenvalue weighted by Gasteiger charge is 2.30. The molecule has 10 heteroatoms. The molecule has 4 aromatic rings. The van der Waals surface area contributed by atoms with Crippen molar-refractivity contribution in [1.29, 1.82) is 0 Å². The molecule has 1 aromatic heterocycles. The number of aryl methyl sites for hydroxylation is 1. The van der Waals surface area contributed by atoms with Gasteiger partial charge in [-0.2, -0.15) is 0 Å². The van der Waals surface area contributed by atoms with Gasteiger partial charge in [0.2, 0.25) is 13.1 Å². The van der Waals surface area contributed by atoms with Gasteiger partial charge in [0.1, 0.15) is 5.01 Å². The number of nitrogens with zero attached hydrogens (tertiary/aromatic N) is 1. The topological polar surface area (TPSA) is 108 Å². The van der Waals surface area contributed by atoms with Crippen molar-refractivity contribution in [2.24, 2.45) is 0 Å². The summed E-state index contributed by atoms with van der Waals surface area (Å²) >= 11 is 1.64. The maximum Gasteiger partial charge on any atom is 0.290 e. The van der Waals surface area contributed by atoms with Crippen LogP contribution in [0.4, 0.5) is 5.69 Å².